The molecule has 0 aliphatic rings. The average molecular weight is 392 g/mol. The van der Waals surface area contributed by atoms with Crippen LogP contribution in [0.15, 0.2) is 53.5 Å². The number of anilines is 1. The average Bonchev–Trinajstić information content (AvgIpc) is 2.67. The second kappa shape index (κ2) is 7.48. The van der Waals surface area contributed by atoms with Gasteiger partial charge >= 0.3 is 0 Å². The van der Waals surface area contributed by atoms with Gasteiger partial charge in [-0.2, -0.15) is 0 Å². The Bertz CT molecular complexity index is 1120. The van der Waals surface area contributed by atoms with Crippen molar-refractivity contribution in [3.8, 4) is 0 Å². The molecule has 3 rings (SSSR count). The van der Waals surface area contributed by atoms with Crippen molar-refractivity contribution in [1.82, 2.24) is 4.98 Å². The highest BCUT2D eigenvalue weighted by atomic mass is 16.3. The maximum absolute atomic E-state index is 12.9. The van der Waals surface area contributed by atoms with Crippen LogP contribution in [0.1, 0.15) is 56.1 Å². The van der Waals surface area contributed by atoms with Gasteiger partial charge in [0.25, 0.3) is 5.91 Å². The van der Waals surface area contributed by atoms with Gasteiger partial charge in [-0.25, -0.2) is 0 Å². The van der Waals surface area contributed by atoms with Gasteiger partial charge in [0.05, 0.1) is 6.61 Å². The van der Waals surface area contributed by atoms with Crippen LogP contribution in [0.2, 0.25) is 0 Å². The SMILES string of the molecule is CC(C)(C)c1cc(C(C)(C)CO)ccc1NC(=O)c1c[nH]c2ccccc2c1=O. The van der Waals surface area contributed by atoms with Crippen LogP contribution in [0, 0.1) is 0 Å². The van der Waals surface area contributed by atoms with Crippen molar-refractivity contribution >= 4 is 22.5 Å². The highest BCUT2D eigenvalue weighted by Crippen LogP contribution is 2.34. The molecule has 0 bridgehead atoms. The predicted octanol–water partition coefficient (Wildman–Crippen LogP) is 4.35. The fourth-order valence-electron chi connectivity index (χ4n) is 3.31. The monoisotopic (exact) mass is 392 g/mol. The molecule has 0 unspecified atom stereocenters. The molecule has 152 valence electrons. The minimum absolute atomic E-state index is 0.0226. The number of rotatable bonds is 4. The lowest BCUT2D eigenvalue weighted by molar-refractivity contribution is 0.102. The maximum atomic E-state index is 12.9. The lowest BCUT2D eigenvalue weighted by Crippen LogP contribution is -2.26. The quantitative estimate of drug-likeness (QED) is 0.617. The van der Waals surface area contributed by atoms with Crippen LogP contribution in [-0.2, 0) is 10.8 Å². The molecule has 0 saturated heterocycles. The van der Waals surface area contributed by atoms with Crippen molar-refractivity contribution in [2.45, 2.75) is 45.4 Å². The van der Waals surface area contributed by atoms with Crippen LogP contribution >= 0.6 is 0 Å². The first kappa shape index (κ1) is 20.8. The number of H-pyrrole nitrogens is 1. The topological polar surface area (TPSA) is 82.2 Å². The summed E-state index contributed by atoms with van der Waals surface area (Å²) in [6.45, 7) is 10.2. The van der Waals surface area contributed by atoms with E-state index in [0.29, 0.717) is 16.6 Å². The number of para-hydroxylation sites is 1. The van der Waals surface area contributed by atoms with Gasteiger partial charge in [-0.1, -0.05) is 58.9 Å². The maximum Gasteiger partial charge on any atom is 0.261 e. The van der Waals surface area contributed by atoms with E-state index in [1.165, 1.54) is 6.20 Å². The summed E-state index contributed by atoms with van der Waals surface area (Å²) in [7, 11) is 0. The number of aliphatic hydroxyl groups is 1. The Morgan fingerprint density at radius 3 is 2.41 bits per heavy atom. The minimum Gasteiger partial charge on any atom is -0.395 e. The third kappa shape index (κ3) is 4.10. The van der Waals surface area contributed by atoms with Gasteiger partial charge in [0.2, 0.25) is 5.43 Å². The number of fused-ring (bicyclic) bond motifs is 1. The fourth-order valence-corrected chi connectivity index (χ4v) is 3.31. The smallest absolute Gasteiger partial charge is 0.261 e. The second-order valence-electron chi connectivity index (χ2n) is 9.08. The number of aromatic amines is 1. The lowest BCUT2D eigenvalue weighted by atomic mass is 9.79. The fraction of sp³-hybridized carbons (Fsp3) is 0.333. The molecule has 5 nitrogen and oxygen atoms in total. The standard InChI is InChI=1S/C24H28N2O3/c1-23(2,3)18-12-15(24(4,5)14-27)10-11-20(18)26-22(29)17-13-25-19-9-7-6-8-16(19)21(17)28/h6-13,27H,14H2,1-5H3,(H,25,28)(H,26,29). The number of amides is 1. The van der Waals surface area contributed by atoms with Gasteiger partial charge in [-0.05, 0) is 34.7 Å². The van der Waals surface area contributed by atoms with E-state index < -0.39 is 11.3 Å². The molecule has 3 aromatic rings. The second-order valence-corrected chi connectivity index (χ2v) is 9.08. The van der Waals surface area contributed by atoms with Gasteiger partial charge in [-0.3, -0.25) is 9.59 Å². The van der Waals surface area contributed by atoms with Crippen molar-refractivity contribution < 1.29 is 9.90 Å². The van der Waals surface area contributed by atoms with Crippen LogP contribution < -0.4 is 10.7 Å². The van der Waals surface area contributed by atoms with Crippen LogP contribution in [0.25, 0.3) is 10.9 Å². The Labute approximate surface area is 170 Å². The zero-order chi connectivity index (χ0) is 21.4. The zero-order valence-corrected chi connectivity index (χ0v) is 17.6. The Hall–Kier alpha value is -2.92. The lowest BCUT2D eigenvalue weighted by Gasteiger charge is -2.28. The number of hydrogen-bond acceptors (Lipinski definition) is 3. The molecule has 0 fully saturated rings. The Morgan fingerprint density at radius 2 is 1.76 bits per heavy atom. The third-order valence-corrected chi connectivity index (χ3v) is 5.29. The Balaban J connectivity index is 2.03. The van der Waals surface area contributed by atoms with E-state index in [4.69, 9.17) is 0 Å². The van der Waals surface area contributed by atoms with E-state index in [2.05, 4.69) is 31.1 Å². The molecule has 0 saturated carbocycles. The highest BCUT2D eigenvalue weighted by molar-refractivity contribution is 6.06. The summed E-state index contributed by atoms with van der Waals surface area (Å²) in [5.41, 5.74) is 2.44. The summed E-state index contributed by atoms with van der Waals surface area (Å²) in [5.74, 6) is -0.448. The van der Waals surface area contributed by atoms with Gasteiger partial charge < -0.3 is 15.4 Å². The molecule has 29 heavy (non-hydrogen) atoms. The number of pyridine rings is 1. The van der Waals surface area contributed by atoms with E-state index in [1.807, 2.05) is 38.1 Å². The molecule has 5 heteroatoms. The Kier molecular flexibility index (Phi) is 5.37. The molecular weight excluding hydrogens is 364 g/mol. The number of aromatic nitrogens is 1. The molecule has 2 aromatic carbocycles. The van der Waals surface area contributed by atoms with Crippen LogP contribution in [0.5, 0.6) is 0 Å². The van der Waals surface area contributed by atoms with E-state index in [-0.39, 0.29) is 23.0 Å². The summed E-state index contributed by atoms with van der Waals surface area (Å²) in [4.78, 5) is 28.7. The van der Waals surface area contributed by atoms with Crippen molar-refractivity contribution in [1.29, 1.82) is 0 Å². The van der Waals surface area contributed by atoms with Crippen LogP contribution in [-0.4, -0.2) is 22.6 Å². The summed E-state index contributed by atoms with van der Waals surface area (Å²) < 4.78 is 0. The van der Waals surface area contributed by atoms with E-state index >= 15 is 0 Å². The van der Waals surface area contributed by atoms with E-state index in [1.54, 1.807) is 18.2 Å². The molecule has 0 spiro atoms. The minimum atomic E-state index is -0.448. The van der Waals surface area contributed by atoms with Gasteiger partial charge in [0, 0.05) is 28.2 Å². The molecule has 1 aromatic heterocycles. The predicted molar refractivity (Wildman–Crippen MR) is 118 cm³/mol. The van der Waals surface area contributed by atoms with Crippen LogP contribution in [0.4, 0.5) is 5.69 Å². The summed E-state index contributed by atoms with van der Waals surface area (Å²) in [6.07, 6.45) is 1.46. The largest absolute Gasteiger partial charge is 0.395 e. The normalized spacial score (nSPS) is 12.2. The Morgan fingerprint density at radius 1 is 1.07 bits per heavy atom. The van der Waals surface area contributed by atoms with Crippen molar-refractivity contribution in [2.75, 3.05) is 11.9 Å². The zero-order valence-electron chi connectivity index (χ0n) is 17.6. The molecule has 0 aliphatic carbocycles. The molecule has 1 amide bonds. The molecule has 3 N–H and O–H groups in total. The number of aliphatic hydroxyl groups excluding tert-OH is 1. The molecular formula is C24H28N2O3. The van der Waals surface area contributed by atoms with Crippen molar-refractivity contribution in [3.63, 3.8) is 0 Å². The first-order valence-electron chi connectivity index (χ1n) is 9.72. The number of hydrogen-bond donors (Lipinski definition) is 3. The van der Waals surface area contributed by atoms with Crippen molar-refractivity contribution in [2.24, 2.45) is 0 Å². The van der Waals surface area contributed by atoms with Gasteiger partial charge in [0.1, 0.15) is 5.56 Å². The molecule has 1 heterocycles. The molecule has 0 aliphatic heterocycles. The summed E-state index contributed by atoms with van der Waals surface area (Å²) in [6, 6.07) is 12.9. The number of benzene rings is 2. The highest BCUT2D eigenvalue weighted by Gasteiger charge is 2.25. The first-order chi connectivity index (χ1) is 13.5. The van der Waals surface area contributed by atoms with E-state index in [0.717, 1.165) is 11.1 Å². The number of carbonyl (C=O) groups excluding carboxylic acids is 1. The molecule has 0 atom stereocenters. The van der Waals surface area contributed by atoms with Gasteiger partial charge in [-0.15, -0.1) is 0 Å². The van der Waals surface area contributed by atoms with Crippen LogP contribution in [0.3, 0.4) is 0 Å². The third-order valence-electron chi connectivity index (χ3n) is 5.29. The number of carbonyl (C=O) groups is 1. The van der Waals surface area contributed by atoms with Gasteiger partial charge in [0.15, 0.2) is 0 Å². The molecule has 0 radical (unpaired) electrons. The first-order valence-corrected chi connectivity index (χ1v) is 9.72. The van der Waals surface area contributed by atoms with Crippen molar-refractivity contribution in [3.05, 3.63) is 75.6 Å². The summed E-state index contributed by atoms with van der Waals surface area (Å²) >= 11 is 0. The van der Waals surface area contributed by atoms with E-state index in [9.17, 15) is 14.7 Å². The summed E-state index contributed by atoms with van der Waals surface area (Å²) in [5, 5.41) is 13.1. The number of nitrogens with one attached hydrogen (secondary N) is 2.